The fraction of sp³-hybridized carbons (Fsp3) is 0.857. The molecule has 14 heavy (non-hydrogen) atoms. The summed E-state index contributed by atoms with van der Waals surface area (Å²) in [6.45, 7) is 7.13. The Hall–Kier alpha value is -0.260. The van der Waals surface area contributed by atoms with Gasteiger partial charge in [0, 0.05) is 0 Å². The van der Waals surface area contributed by atoms with Crippen LogP contribution in [0.15, 0.2) is 12.2 Å². The van der Waals surface area contributed by atoms with Gasteiger partial charge in [0.15, 0.2) is 0 Å². The summed E-state index contributed by atoms with van der Waals surface area (Å²) < 4.78 is 0. The van der Waals surface area contributed by atoms with Gasteiger partial charge in [0.2, 0.25) is 0 Å². The normalized spacial score (nSPS) is 29.9. The van der Waals surface area contributed by atoms with Crippen LogP contribution in [0.5, 0.6) is 0 Å². The summed E-state index contributed by atoms with van der Waals surface area (Å²) in [7, 11) is 0. The summed E-state index contributed by atoms with van der Waals surface area (Å²) in [6, 6.07) is 0. The molecule has 0 aromatic carbocycles. The lowest BCUT2D eigenvalue weighted by molar-refractivity contribution is 0.137. The zero-order valence-electron chi connectivity index (χ0n) is 10.2. The van der Waals surface area contributed by atoms with E-state index in [1.165, 1.54) is 44.9 Å². The minimum atomic E-state index is 0.635. The average molecular weight is 194 g/mol. The summed E-state index contributed by atoms with van der Waals surface area (Å²) in [4.78, 5) is 0. The minimum Gasteiger partial charge on any atom is -0.0885 e. The van der Waals surface area contributed by atoms with Gasteiger partial charge in [-0.15, -0.1) is 0 Å². The van der Waals surface area contributed by atoms with Crippen LogP contribution >= 0.6 is 0 Å². The average Bonchev–Trinajstić information content (AvgIpc) is 2.44. The molecular formula is C14H26. The van der Waals surface area contributed by atoms with E-state index in [1.54, 1.807) is 0 Å². The molecule has 2 unspecified atom stereocenters. The van der Waals surface area contributed by atoms with E-state index < -0.39 is 0 Å². The zero-order valence-corrected chi connectivity index (χ0v) is 10.2. The number of hydrogen-bond donors (Lipinski definition) is 0. The molecule has 82 valence electrons. The van der Waals surface area contributed by atoms with E-state index in [1.807, 2.05) is 0 Å². The van der Waals surface area contributed by atoms with Gasteiger partial charge in [-0.25, -0.2) is 0 Å². The summed E-state index contributed by atoms with van der Waals surface area (Å²) in [5.74, 6) is 0.894. The molecule has 0 heterocycles. The second-order valence-electron chi connectivity index (χ2n) is 4.99. The van der Waals surface area contributed by atoms with Crippen LogP contribution in [-0.4, -0.2) is 0 Å². The highest BCUT2D eigenvalue weighted by atomic mass is 14.4. The van der Waals surface area contributed by atoms with Crippen LogP contribution < -0.4 is 0 Å². The Morgan fingerprint density at radius 2 is 2.07 bits per heavy atom. The van der Waals surface area contributed by atoms with Crippen LogP contribution in [0.3, 0.4) is 0 Å². The van der Waals surface area contributed by atoms with Gasteiger partial charge in [-0.3, -0.25) is 0 Å². The van der Waals surface area contributed by atoms with Gasteiger partial charge in [0.1, 0.15) is 0 Å². The highest BCUT2D eigenvalue weighted by Crippen LogP contribution is 2.44. The molecule has 1 aliphatic carbocycles. The van der Waals surface area contributed by atoms with Crippen LogP contribution in [0.4, 0.5) is 0 Å². The fourth-order valence-electron chi connectivity index (χ4n) is 2.96. The lowest BCUT2D eigenvalue weighted by atomic mass is 9.67. The Balaban J connectivity index is 2.72. The maximum absolute atomic E-state index is 2.45. The molecule has 0 N–H and O–H groups in total. The predicted molar refractivity (Wildman–Crippen MR) is 64.4 cm³/mol. The zero-order chi connectivity index (χ0) is 10.4. The van der Waals surface area contributed by atoms with Crippen LogP contribution in [0.25, 0.3) is 0 Å². The molecule has 0 radical (unpaired) electrons. The topological polar surface area (TPSA) is 0 Å². The van der Waals surface area contributed by atoms with Crippen molar-refractivity contribution in [3.05, 3.63) is 12.2 Å². The molecule has 0 fully saturated rings. The van der Waals surface area contributed by atoms with Crippen LogP contribution in [0, 0.1) is 11.3 Å². The molecule has 2 atom stereocenters. The Morgan fingerprint density at radius 3 is 2.71 bits per heavy atom. The first-order chi connectivity index (χ1) is 6.75. The van der Waals surface area contributed by atoms with Crippen molar-refractivity contribution >= 4 is 0 Å². The third kappa shape index (κ3) is 2.62. The number of rotatable bonds is 4. The Labute approximate surface area is 89.8 Å². The van der Waals surface area contributed by atoms with Crippen molar-refractivity contribution in [2.75, 3.05) is 0 Å². The standard InChI is InChI=1S/C14H26/c1-4-10-14(13(3)5-2)11-8-6-7-9-12-14/h6,8,13H,4-5,7,9-12H2,1-3H3. The molecule has 0 bridgehead atoms. The first-order valence-corrected chi connectivity index (χ1v) is 6.40. The molecule has 0 amide bonds. The van der Waals surface area contributed by atoms with Gasteiger partial charge < -0.3 is 0 Å². The molecule has 1 aliphatic rings. The number of hydrogen-bond acceptors (Lipinski definition) is 0. The molecule has 0 saturated carbocycles. The molecule has 0 aromatic rings. The summed E-state index contributed by atoms with van der Waals surface area (Å²) in [5, 5.41) is 0. The molecule has 1 rings (SSSR count). The van der Waals surface area contributed by atoms with Crippen molar-refractivity contribution in [3.63, 3.8) is 0 Å². The molecule has 0 aliphatic heterocycles. The smallest absolute Gasteiger partial charge is 0.0237 e. The van der Waals surface area contributed by atoms with Gasteiger partial charge in [-0.2, -0.15) is 0 Å². The minimum absolute atomic E-state index is 0.635. The summed E-state index contributed by atoms with van der Waals surface area (Å²) >= 11 is 0. The lowest BCUT2D eigenvalue weighted by Crippen LogP contribution is -2.27. The van der Waals surface area contributed by atoms with Crippen LogP contribution in [0.2, 0.25) is 0 Å². The third-order valence-electron chi connectivity index (χ3n) is 4.14. The van der Waals surface area contributed by atoms with Gasteiger partial charge in [-0.1, -0.05) is 45.8 Å². The van der Waals surface area contributed by atoms with Crippen LogP contribution in [-0.2, 0) is 0 Å². The van der Waals surface area contributed by atoms with E-state index in [4.69, 9.17) is 0 Å². The Bertz CT molecular complexity index is 180. The molecular weight excluding hydrogens is 168 g/mol. The van der Waals surface area contributed by atoms with E-state index in [2.05, 4.69) is 32.9 Å². The van der Waals surface area contributed by atoms with E-state index in [0.29, 0.717) is 5.41 Å². The molecule has 0 nitrogen and oxygen atoms in total. The number of allylic oxidation sites excluding steroid dienone is 2. The second-order valence-corrected chi connectivity index (χ2v) is 4.99. The van der Waals surface area contributed by atoms with Crippen molar-refractivity contribution in [1.29, 1.82) is 0 Å². The predicted octanol–water partition coefficient (Wildman–Crippen LogP) is 4.95. The Kier molecular flexibility index (Phi) is 4.71. The Morgan fingerprint density at radius 1 is 1.29 bits per heavy atom. The largest absolute Gasteiger partial charge is 0.0885 e. The van der Waals surface area contributed by atoms with Gasteiger partial charge in [-0.05, 0) is 43.4 Å². The van der Waals surface area contributed by atoms with Crippen molar-refractivity contribution < 1.29 is 0 Å². The molecule has 0 saturated heterocycles. The maximum atomic E-state index is 2.45. The molecule has 0 spiro atoms. The maximum Gasteiger partial charge on any atom is -0.0237 e. The van der Waals surface area contributed by atoms with Gasteiger partial charge in [0.05, 0.1) is 0 Å². The van der Waals surface area contributed by atoms with Crippen molar-refractivity contribution in [3.8, 4) is 0 Å². The van der Waals surface area contributed by atoms with E-state index in [0.717, 1.165) is 5.92 Å². The second kappa shape index (κ2) is 5.58. The first-order valence-electron chi connectivity index (χ1n) is 6.40. The lowest BCUT2D eigenvalue weighted by Gasteiger charge is -2.38. The monoisotopic (exact) mass is 194 g/mol. The van der Waals surface area contributed by atoms with E-state index in [-0.39, 0.29) is 0 Å². The van der Waals surface area contributed by atoms with Crippen molar-refractivity contribution in [1.82, 2.24) is 0 Å². The fourth-order valence-corrected chi connectivity index (χ4v) is 2.96. The van der Waals surface area contributed by atoms with E-state index >= 15 is 0 Å². The van der Waals surface area contributed by atoms with E-state index in [9.17, 15) is 0 Å². The molecule has 0 aromatic heterocycles. The highest BCUT2D eigenvalue weighted by Gasteiger charge is 2.33. The third-order valence-corrected chi connectivity index (χ3v) is 4.14. The summed E-state index contributed by atoms with van der Waals surface area (Å²) in [6.07, 6.45) is 14.4. The van der Waals surface area contributed by atoms with Crippen molar-refractivity contribution in [2.24, 2.45) is 11.3 Å². The highest BCUT2D eigenvalue weighted by molar-refractivity contribution is 4.96. The quantitative estimate of drug-likeness (QED) is 0.555. The summed E-state index contributed by atoms with van der Waals surface area (Å²) in [5.41, 5.74) is 0.635. The molecule has 0 heteroatoms. The SMILES string of the molecule is CCCC1(C(C)CC)CC=CCCC1. The van der Waals surface area contributed by atoms with Crippen molar-refractivity contribution in [2.45, 2.75) is 65.7 Å². The first kappa shape index (κ1) is 11.8. The van der Waals surface area contributed by atoms with Gasteiger partial charge in [0.25, 0.3) is 0 Å². The van der Waals surface area contributed by atoms with Gasteiger partial charge >= 0.3 is 0 Å². The van der Waals surface area contributed by atoms with Crippen LogP contribution in [0.1, 0.15) is 65.7 Å².